The van der Waals surface area contributed by atoms with Gasteiger partial charge in [0.05, 0.1) is 35.0 Å². The van der Waals surface area contributed by atoms with Crippen molar-refractivity contribution in [2.45, 2.75) is 56.2 Å². The van der Waals surface area contributed by atoms with Crippen LogP contribution in [-0.4, -0.2) is 64.0 Å². The molecule has 0 bridgehead atoms. The lowest BCUT2D eigenvalue weighted by Gasteiger charge is -2.35. The molecule has 0 aromatic heterocycles. The Morgan fingerprint density at radius 1 is 1.30 bits per heavy atom. The molecule has 7 nitrogen and oxygen atoms in total. The molecule has 1 aliphatic carbocycles. The second-order valence-corrected chi connectivity index (χ2v) is 13.4. The van der Waals surface area contributed by atoms with Crippen LogP contribution in [0, 0.1) is 11.6 Å². The van der Waals surface area contributed by atoms with Crippen molar-refractivity contribution >= 4 is 28.9 Å². The maximum Gasteiger partial charge on any atom is 0.204 e. The van der Waals surface area contributed by atoms with Gasteiger partial charge in [-0.15, -0.1) is 4.72 Å². The van der Waals surface area contributed by atoms with Gasteiger partial charge in [-0.3, -0.25) is 4.79 Å². The second-order valence-electron chi connectivity index (χ2n) is 10.6. The second kappa shape index (κ2) is 13.1. The topological polar surface area (TPSA) is 82.7 Å². The number of benzene rings is 1. The average Bonchev–Trinajstić information content (AvgIpc) is 3.65. The first-order chi connectivity index (χ1) is 19.1. The smallest absolute Gasteiger partial charge is 0.204 e. The van der Waals surface area contributed by atoms with E-state index in [2.05, 4.69) is 21.9 Å². The lowest BCUT2D eigenvalue weighted by Crippen LogP contribution is -2.40. The van der Waals surface area contributed by atoms with Gasteiger partial charge in [-0.25, -0.2) is 8.78 Å². The van der Waals surface area contributed by atoms with Crippen molar-refractivity contribution in [1.29, 1.82) is 0 Å². The molecule has 11 heteroatoms. The summed E-state index contributed by atoms with van der Waals surface area (Å²) in [5, 5.41) is 6.82. The number of nitrogens with zero attached hydrogens (tertiary/aromatic N) is 2. The Labute approximate surface area is 243 Å². The molecule has 2 heterocycles. The maximum absolute atomic E-state index is 14.8. The fourth-order valence-corrected chi connectivity index (χ4v) is 7.56. The largest absolute Gasteiger partial charge is 0.597 e. The third-order valence-corrected chi connectivity index (χ3v) is 10.5. The van der Waals surface area contributed by atoms with E-state index >= 15 is 0 Å². The number of carbonyl (C=O) groups is 1. The number of carbonyl (C=O) groups excluding carboxylic acids is 1. The van der Waals surface area contributed by atoms with Crippen molar-refractivity contribution in [1.82, 2.24) is 25.2 Å². The van der Waals surface area contributed by atoms with Gasteiger partial charge in [0, 0.05) is 31.3 Å². The summed E-state index contributed by atoms with van der Waals surface area (Å²) >= 11 is -0.0557. The zero-order valence-corrected chi connectivity index (χ0v) is 25.2. The molecule has 1 saturated carbocycles. The van der Waals surface area contributed by atoms with Crippen LogP contribution in [0.4, 0.5) is 8.78 Å². The molecule has 2 aliphatic heterocycles. The molecule has 1 aromatic rings. The summed E-state index contributed by atoms with van der Waals surface area (Å²) in [6.07, 6.45) is 8.35. The van der Waals surface area contributed by atoms with Crippen LogP contribution in [0.3, 0.4) is 0 Å². The molecular formula is C29H39F2N5O2S2. The van der Waals surface area contributed by atoms with E-state index in [9.17, 15) is 18.1 Å². The third-order valence-electron chi connectivity index (χ3n) is 7.34. The van der Waals surface area contributed by atoms with Gasteiger partial charge in [0.2, 0.25) is 4.58 Å². The predicted octanol–water partition coefficient (Wildman–Crippen LogP) is 4.04. The Bertz CT molecular complexity index is 1210. The first kappa shape index (κ1) is 30.6. The minimum absolute atomic E-state index is 0.0496. The molecule has 0 amide bonds. The van der Waals surface area contributed by atoms with Gasteiger partial charge in [-0.1, -0.05) is 13.5 Å². The van der Waals surface area contributed by atoms with E-state index in [1.54, 1.807) is 13.0 Å². The van der Waals surface area contributed by atoms with Gasteiger partial charge in [0.25, 0.3) is 0 Å². The van der Waals surface area contributed by atoms with E-state index in [0.717, 1.165) is 18.4 Å². The number of allylic oxidation sites excluding steroid dienone is 1. The van der Waals surface area contributed by atoms with E-state index in [1.165, 1.54) is 23.9 Å². The molecular weight excluding hydrogens is 552 g/mol. The number of likely N-dealkylation sites (N-methyl/N-ethyl adjacent to an activating group) is 1. The van der Waals surface area contributed by atoms with Crippen molar-refractivity contribution < 1.29 is 18.1 Å². The van der Waals surface area contributed by atoms with Crippen molar-refractivity contribution in [3.63, 3.8) is 0 Å². The fourth-order valence-electron chi connectivity index (χ4n) is 4.78. The minimum atomic E-state index is -1.38. The van der Waals surface area contributed by atoms with Crippen LogP contribution in [0.5, 0.6) is 0 Å². The van der Waals surface area contributed by atoms with Crippen LogP contribution in [0.15, 0.2) is 59.1 Å². The SMILES string of the molecule is C=C1N(CC/C(=C/NC)CNC)CC(=O)C2=C(SC([S+]([O-])NC3(C)CC3)C=C2)N1Cc1cc(F)c(CC)c(F)c1. The summed E-state index contributed by atoms with van der Waals surface area (Å²) in [4.78, 5) is 17.3. The van der Waals surface area contributed by atoms with Crippen LogP contribution < -0.4 is 15.4 Å². The summed E-state index contributed by atoms with van der Waals surface area (Å²) in [6, 6.07) is 2.70. The standard InChI is InChI=1S/C29H39F2N5O2S2/c1-6-22-24(30)13-21(14-25(22)31)17-36-19(2)35(12-9-20(15-32-4)16-33-5)18-26(37)23-7-8-27(39-28(23)36)40(38)34-29(3)10-11-29/h7-8,13-15,27,32-34H,2,6,9-12,16-18H2,1,3-5H3/b20-15-. The quantitative estimate of drug-likeness (QED) is 0.314. The van der Waals surface area contributed by atoms with Gasteiger partial charge in [-0.05, 0) is 93.0 Å². The molecule has 3 N–H and O–H groups in total. The highest BCUT2D eigenvalue weighted by Crippen LogP contribution is 2.43. The fraction of sp³-hybridized carbons (Fsp3) is 0.483. The van der Waals surface area contributed by atoms with Crippen LogP contribution >= 0.6 is 11.8 Å². The molecule has 218 valence electrons. The highest BCUT2D eigenvalue weighted by molar-refractivity contribution is 8.15. The van der Waals surface area contributed by atoms with Crippen LogP contribution in [-0.2, 0) is 29.1 Å². The highest BCUT2D eigenvalue weighted by Gasteiger charge is 2.44. The number of hydrogen-bond donors (Lipinski definition) is 3. The lowest BCUT2D eigenvalue weighted by atomic mass is 10.1. The third kappa shape index (κ3) is 7.12. The summed E-state index contributed by atoms with van der Waals surface area (Å²) in [5.41, 5.74) is 1.97. The van der Waals surface area contributed by atoms with E-state index in [4.69, 9.17) is 0 Å². The highest BCUT2D eigenvalue weighted by atomic mass is 32.3. The summed E-state index contributed by atoms with van der Waals surface area (Å²) in [7, 11) is 3.72. The van der Waals surface area contributed by atoms with Crippen molar-refractivity contribution in [2.24, 2.45) is 0 Å². The van der Waals surface area contributed by atoms with Gasteiger partial charge in [0.15, 0.2) is 5.78 Å². The van der Waals surface area contributed by atoms with Gasteiger partial charge in [-0.2, -0.15) is 0 Å². The first-order valence-electron chi connectivity index (χ1n) is 13.6. The van der Waals surface area contributed by atoms with Gasteiger partial charge < -0.3 is 25.0 Å². The zero-order chi connectivity index (χ0) is 29.0. The monoisotopic (exact) mass is 591 g/mol. The zero-order valence-electron chi connectivity index (χ0n) is 23.6. The Kier molecular flexibility index (Phi) is 10.0. The Morgan fingerprint density at radius 3 is 2.60 bits per heavy atom. The maximum atomic E-state index is 14.8. The Morgan fingerprint density at radius 2 is 2.00 bits per heavy atom. The van der Waals surface area contributed by atoms with E-state index < -0.39 is 27.6 Å². The summed E-state index contributed by atoms with van der Waals surface area (Å²) < 4.78 is 45.5. The number of thioether (sulfide) groups is 1. The minimum Gasteiger partial charge on any atom is -0.597 e. The van der Waals surface area contributed by atoms with Crippen molar-refractivity contribution in [3.8, 4) is 0 Å². The normalized spacial score (nSPS) is 21.5. The molecule has 1 fully saturated rings. The number of hydrogen-bond acceptors (Lipinski definition) is 8. The molecule has 2 unspecified atom stereocenters. The molecule has 0 radical (unpaired) electrons. The number of ketones is 1. The molecule has 4 rings (SSSR count). The molecule has 2 atom stereocenters. The number of Topliss-reactive ketones (excluding diaryl/α,β-unsaturated/α-hetero) is 1. The first-order valence-corrected chi connectivity index (χ1v) is 15.7. The molecule has 0 spiro atoms. The lowest BCUT2D eigenvalue weighted by molar-refractivity contribution is -0.115. The van der Waals surface area contributed by atoms with Crippen molar-refractivity contribution in [2.75, 3.05) is 33.7 Å². The summed E-state index contributed by atoms with van der Waals surface area (Å²) in [6.45, 7) is 9.54. The number of nitrogens with one attached hydrogen (secondary N) is 3. The Balaban J connectivity index is 1.65. The van der Waals surface area contributed by atoms with Crippen LogP contribution in [0.25, 0.3) is 0 Å². The van der Waals surface area contributed by atoms with Gasteiger partial charge in [0.1, 0.15) is 17.5 Å². The van der Waals surface area contributed by atoms with Crippen molar-refractivity contribution in [3.05, 3.63) is 81.8 Å². The summed E-state index contributed by atoms with van der Waals surface area (Å²) in [5.74, 6) is -0.710. The Hall–Kier alpha value is -2.31. The molecule has 3 aliphatic rings. The molecule has 1 aromatic carbocycles. The molecule has 40 heavy (non-hydrogen) atoms. The number of rotatable bonds is 12. The number of halogens is 2. The predicted molar refractivity (Wildman–Crippen MR) is 159 cm³/mol. The van der Waals surface area contributed by atoms with E-state index in [1.807, 2.05) is 43.1 Å². The van der Waals surface area contributed by atoms with Gasteiger partial charge >= 0.3 is 0 Å². The average molecular weight is 592 g/mol. The molecule has 0 saturated heterocycles. The van der Waals surface area contributed by atoms with E-state index in [0.29, 0.717) is 41.5 Å². The van der Waals surface area contributed by atoms with E-state index in [-0.39, 0.29) is 36.4 Å². The van der Waals surface area contributed by atoms with Crippen LogP contribution in [0.2, 0.25) is 0 Å². The van der Waals surface area contributed by atoms with Crippen LogP contribution in [0.1, 0.15) is 44.2 Å².